The molecular formula is C5H10N3S+. The van der Waals surface area contributed by atoms with Crippen LogP contribution in [0.2, 0.25) is 0 Å². The van der Waals surface area contributed by atoms with Crippen LogP contribution in [0.4, 0.5) is 0 Å². The van der Waals surface area contributed by atoms with E-state index in [1.54, 1.807) is 6.33 Å². The lowest BCUT2D eigenvalue weighted by Gasteiger charge is -1.88. The molecule has 0 aliphatic rings. The Hall–Kier alpha value is -0.510. The van der Waals surface area contributed by atoms with Crippen LogP contribution in [-0.4, -0.2) is 9.78 Å². The van der Waals surface area contributed by atoms with Gasteiger partial charge in [0.05, 0.1) is 19.8 Å². The summed E-state index contributed by atoms with van der Waals surface area (Å²) in [6, 6.07) is 0. The summed E-state index contributed by atoms with van der Waals surface area (Å²) in [6.07, 6.45) is 1.77. The second-order valence-electron chi connectivity index (χ2n) is 1.94. The molecule has 0 saturated heterocycles. The van der Waals surface area contributed by atoms with Crippen LogP contribution < -0.4 is 4.57 Å². The van der Waals surface area contributed by atoms with Crippen molar-refractivity contribution in [3.63, 3.8) is 0 Å². The van der Waals surface area contributed by atoms with Gasteiger partial charge in [-0.15, -0.1) is 4.68 Å². The summed E-state index contributed by atoms with van der Waals surface area (Å²) >= 11 is 4.13. The summed E-state index contributed by atoms with van der Waals surface area (Å²) in [6.45, 7) is 0. The number of hydrogen-bond donors (Lipinski definition) is 1. The molecule has 0 atom stereocenters. The SMILES string of the molecule is Cn1nc[n+](C)c1CS. The fourth-order valence-corrected chi connectivity index (χ4v) is 1.16. The molecule has 1 aromatic rings. The van der Waals surface area contributed by atoms with E-state index in [2.05, 4.69) is 17.7 Å². The molecule has 1 aromatic heterocycles. The molecule has 4 heteroatoms. The maximum absolute atomic E-state index is 4.13. The van der Waals surface area contributed by atoms with Crippen molar-refractivity contribution in [1.82, 2.24) is 9.78 Å². The first-order valence-electron chi connectivity index (χ1n) is 2.73. The Kier molecular flexibility index (Phi) is 1.75. The summed E-state index contributed by atoms with van der Waals surface area (Å²) in [4.78, 5) is 0. The van der Waals surface area contributed by atoms with E-state index in [0.29, 0.717) is 0 Å². The van der Waals surface area contributed by atoms with Gasteiger partial charge in [-0.1, -0.05) is 0 Å². The molecule has 1 rings (SSSR count). The molecule has 0 spiro atoms. The molecule has 0 saturated carbocycles. The lowest BCUT2D eigenvalue weighted by molar-refractivity contribution is -0.678. The van der Waals surface area contributed by atoms with Crippen LogP contribution in [0.3, 0.4) is 0 Å². The molecule has 3 nitrogen and oxygen atoms in total. The minimum atomic E-state index is 0.729. The van der Waals surface area contributed by atoms with Crippen molar-refractivity contribution in [2.45, 2.75) is 5.75 Å². The van der Waals surface area contributed by atoms with Crippen molar-refractivity contribution >= 4 is 12.6 Å². The van der Waals surface area contributed by atoms with E-state index in [9.17, 15) is 0 Å². The number of aryl methyl sites for hydroxylation is 2. The second-order valence-corrected chi connectivity index (χ2v) is 2.26. The zero-order valence-corrected chi connectivity index (χ0v) is 6.47. The minimum Gasteiger partial charge on any atom is -0.237 e. The Morgan fingerprint density at radius 2 is 2.56 bits per heavy atom. The van der Waals surface area contributed by atoms with Crippen LogP contribution in [0.5, 0.6) is 0 Å². The number of nitrogens with zero attached hydrogens (tertiary/aromatic N) is 3. The van der Waals surface area contributed by atoms with Crippen LogP contribution in [0.15, 0.2) is 6.33 Å². The van der Waals surface area contributed by atoms with Gasteiger partial charge < -0.3 is 0 Å². The Morgan fingerprint density at radius 1 is 1.89 bits per heavy atom. The van der Waals surface area contributed by atoms with Crippen molar-refractivity contribution in [3.8, 4) is 0 Å². The third kappa shape index (κ3) is 1.08. The average molecular weight is 144 g/mol. The van der Waals surface area contributed by atoms with Gasteiger partial charge in [0, 0.05) is 5.10 Å². The summed E-state index contributed by atoms with van der Waals surface area (Å²) in [7, 11) is 3.87. The molecule has 50 valence electrons. The smallest absolute Gasteiger partial charge is 0.237 e. The molecule has 9 heavy (non-hydrogen) atoms. The monoisotopic (exact) mass is 144 g/mol. The molecule has 0 aliphatic heterocycles. The van der Waals surface area contributed by atoms with Gasteiger partial charge in [-0.25, -0.2) is 4.57 Å². The van der Waals surface area contributed by atoms with Crippen LogP contribution in [0.1, 0.15) is 5.82 Å². The molecule has 0 radical (unpaired) electrons. The predicted molar refractivity (Wildman–Crippen MR) is 37.1 cm³/mol. The Bertz CT molecular complexity index is 186. The molecule has 0 unspecified atom stereocenters. The zero-order chi connectivity index (χ0) is 6.85. The molecule has 0 amide bonds. The van der Waals surface area contributed by atoms with Gasteiger partial charge in [-0.2, -0.15) is 12.6 Å². The quantitative estimate of drug-likeness (QED) is 0.423. The van der Waals surface area contributed by atoms with E-state index in [0.717, 1.165) is 11.6 Å². The fourth-order valence-electron chi connectivity index (χ4n) is 0.730. The van der Waals surface area contributed by atoms with Crippen LogP contribution in [0, 0.1) is 0 Å². The van der Waals surface area contributed by atoms with Crippen molar-refractivity contribution in [2.75, 3.05) is 0 Å². The maximum atomic E-state index is 4.13. The predicted octanol–water partition coefficient (Wildman–Crippen LogP) is -0.326. The minimum absolute atomic E-state index is 0.729. The molecule has 0 bridgehead atoms. The normalized spacial score (nSPS) is 10.1. The standard InChI is InChI=1S/C5H9N3S/c1-7-4-6-8(2)5(7)3-9/h4H,3H2,1-2H3/p+1. The molecule has 0 aliphatic carbocycles. The van der Waals surface area contributed by atoms with Gasteiger partial charge >= 0.3 is 0 Å². The number of aromatic nitrogens is 3. The van der Waals surface area contributed by atoms with E-state index >= 15 is 0 Å². The molecule has 0 fully saturated rings. The largest absolute Gasteiger partial charge is 0.265 e. The zero-order valence-electron chi connectivity index (χ0n) is 5.57. The Labute approximate surface area is 59.7 Å². The van der Waals surface area contributed by atoms with Crippen LogP contribution in [-0.2, 0) is 19.8 Å². The van der Waals surface area contributed by atoms with Crippen LogP contribution >= 0.6 is 12.6 Å². The van der Waals surface area contributed by atoms with Gasteiger partial charge in [0.2, 0.25) is 5.82 Å². The van der Waals surface area contributed by atoms with Crippen molar-refractivity contribution < 1.29 is 4.57 Å². The highest BCUT2D eigenvalue weighted by molar-refractivity contribution is 7.79. The summed E-state index contributed by atoms with van der Waals surface area (Å²) in [5.74, 6) is 1.84. The summed E-state index contributed by atoms with van der Waals surface area (Å²) in [5.41, 5.74) is 0. The fraction of sp³-hybridized carbons (Fsp3) is 0.600. The Morgan fingerprint density at radius 3 is 2.78 bits per heavy atom. The highest BCUT2D eigenvalue weighted by Crippen LogP contribution is 1.90. The molecule has 0 aromatic carbocycles. The summed E-state index contributed by atoms with van der Waals surface area (Å²) in [5, 5.41) is 4.02. The molecule has 1 heterocycles. The summed E-state index contributed by atoms with van der Waals surface area (Å²) < 4.78 is 3.76. The van der Waals surface area contributed by atoms with Crippen LogP contribution in [0.25, 0.3) is 0 Å². The van der Waals surface area contributed by atoms with E-state index in [4.69, 9.17) is 0 Å². The third-order valence-electron chi connectivity index (χ3n) is 1.32. The van der Waals surface area contributed by atoms with E-state index in [1.165, 1.54) is 0 Å². The number of rotatable bonds is 1. The van der Waals surface area contributed by atoms with Gasteiger partial charge in [0.25, 0.3) is 6.33 Å². The first-order valence-corrected chi connectivity index (χ1v) is 3.36. The van der Waals surface area contributed by atoms with Crippen molar-refractivity contribution in [1.29, 1.82) is 0 Å². The molecule has 0 N–H and O–H groups in total. The van der Waals surface area contributed by atoms with E-state index < -0.39 is 0 Å². The first-order chi connectivity index (χ1) is 4.25. The average Bonchev–Trinajstić information content (AvgIpc) is 2.12. The molecular weight excluding hydrogens is 134 g/mol. The highest BCUT2D eigenvalue weighted by atomic mass is 32.1. The van der Waals surface area contributed by atoms with Crippen molar-refractivity contribution in [2.24, 2.45) is 14.1 Å². The van der Waals surface area contributed by atoms with Gasteiger partial charge in [-0.3, -0.25) is 0 Å². The second kappa shape index (κ2) is 2.39. The van der Waals surface area contributed by atoms with Gasteiger partial charge in [0.15, 0.2) is 0 Å². The Balaban J connectivity index is 3.07. The van der Waals surface area contributed by atoms with E-state index in [-0.39, 0.29) is 0 Å². The lowest BCUT2D eigenvalue weighted by atomic mass is 10.7. The van der Waals surface area contributed by atoms with Gasteiger partial charge in [-0.05, 0) is 0 Å². The number of thiol groups is 1. The number of hydrogen-bond acceptors (Lipinski definition) is 2. The van der Waals surface area contributed by atoms with E-state index in [1.807, 2.05) is 23.3 Å². The first kappa shape index (κ1) is 6.61. The lowest BCUT2D eigenvalue weighted by Crippen LogP contribution is -2.30. The van der Waals surface area contributed by atoms with Crippen molar-refractivity contribution in [3.05, 3.63) is 12.2 Å². The maximum Gasteiger partial charge on any atom is 0.265 e. The highest BCUT2D eigenvalue weighted by Gasteiger charge is 2.07. The topological polar surface area (TPSA) is 21.7 Å². The third-order valence-corrected chi connectivity index (χ3v) is 1.60. The van der Waals surface area contributed by atoms with Gasteiger partial charge in [0.1, 0.15) is 0 Å².